The molecule has 0 aromatic heterocycles. The Kier molecular flexibility index (Phi) is 3.66. The summed E-state index contributed by atoms with van der Waals surface area (Å²) in [5.74, 6) is 1.69. The monoisotopic (exact) mass is 351 g/mol. The maximum absolute atomic E-state index is 10.3. The highest BCUT2D eigenvalue weighted by Crippen LogP contribution is 2.34. The maximum Gasteiger partial charge on any atom is 0.162 e. The highest BCUT2D eigenvalue weighted by molar-refractivity contribution is 6.13. The van der Waals surface area contributed by atoms with Crippen molar-refractivity contribution in [3.63, 3.8) is 0 Å². The average molecular weight is 351 g/mol. The minimum Gasteiger partial charge on any atom is -0.344 e. The topological polar surface area (TPSA) is 69.6 Å². The number of amidine groups is 1. The molecule has 3 N–H and O–H groups in total. The van der Waals surface area contributed by atoms with Gasteiger partial charge in [-0.05, 0) is 18.2 Å². The molecule has 1 aromatic rings. The summed E-state index contributed by atoms with van der Waals surface area (Å²) in [5.41, 5.74) is 2.71. The summed E-state index contributed by atoms with van der Waals surface area (Å²) in [6, 6.07) is 10.1. The fourth-order valence-electron chi connectivity index (χ4n) is 3.67. The molecule has 0 amide bonds. The fraction of sp³-hybridized carbons (Fsp3) is 0.278. The molecule has 4 heterocycles. The van der Waals surface area contributed by atoms with Gasteiger partial charge in [0.1, 0.15) is 23.9 Å². The summed E-state index contributed by atoms with van der Waals surface area (Å²) in [4.78, 5) is 6.60. The van der Waals surface area contributed by atoms with E-state index in [4.69, 9.17) is 0 Å². The largest absolute Gasteiger partial charge is 0.344 e. The molecule has 0 spiro atoms. The minimum absolute atomic E-state index is 0.242. The molecule has 0 radical (unpaired) electrons. The first-order chi connectivity index (χ1) is 12.8. The Bertz CT molecular complexity index is 823. The van der Waals surface area contributed by atoms with E-state index in [-0.39, 0.29) is 6.67 Å². The second-order valence-corrected chi connectivity index (χ2v) is 6.47. The van der Waals surface area contributed by atoms with Crippen molar-refractivity contribution in [2.75, 3.05) is 37.7 Å². The number of nitrogens with zero attached hydrogens (tertiary/aromatic N) is 5. The number of fused-ring (bicyclic) bond motifs is 1. The molecule has 1 aromatic carbocycles. The Morgan fingerprint density at radius 2 is 1.88 bits per heavy atom. The predicted octanol–water partition coefficient (Wildman–Crippen LogP) is 0.817. The van der Waals surface area contributed by atoms with Gasteiger partial charge in [-0.3, -0.25) is 15.1 Å². The molecule has 4 aliphatic rings. The van der Waals surface area contributed by atoms with E-state index in [9.17, 15) is 5.21 Å². The van der Waals surface area contributed by atoms with Crippen LogP contribution >= 0.6 is 0 Å². The molecule has 0 bridgehead atoms. The van der Waals surface area contributed by atoms with Crippen molar-refractivity contribution in [2.24, 2.45) is 4.99 Å². The molecular weight excluding hydrogens is 330 g/mol. The van der Waals surface area contributed by atoms with Gasteiger partial charge in [-0.25, -0.2) is 15.1 Å². The van der Waals surface area contributed by atoms with Crippen LogP contribution in [-0.4, -0.2) is 59.0 Å². The molecule has 0 atom stereocenters. The van der Waals surface area contributed by atoms with Crippen LogP contribution in [0.4, 0.5) is 5.69 Å². The van der Waals surface area contributed by atoms with Crippen molar-refractivity contribution in [1.82, 2.24) is 25.7 Å². The third kappa shape index (κ3) is 2.38. The molecule has 1 saturated heterocycles. The van der Waals surface area contributed by atoms with Gasteiger partial charge >= 0.3 is 0 Å². The van der Waals surface area contributed by atoms with Crippen LogP contribution in [0.25, 0.3) is 0 Å². The van der Waals surface area contributed by atoms with Crippen LogP contribution in [0.5, 0.6) is 0 Å². The van der Waals surface area contributed by atoms with Gasteiger partial charge in [0.25, 0.3) is 0 Å². The lowest BCUT2D eigenvalue weighted by atomic mass is 10.1. The number of nitrogens with one attached hydrogen (secondary N) is 2. The zero-order valence-electron chi connectivity index (χ0n) is 14.3. The normalized spacial score (nSPS) is 22.7. The lowest BCUT2D eigenvalue weighted by Crippen LogP contribution is -2.53. The van der Waals surface area contributed by atoms with Crippen LogP contribution in [0.2, 0.25) is 0 Å². The van der Waals surface area contributed by atoms with Crippen LogP contribution in [0, 0.1) is 0 Å². The maximum atomic E-state index is 10.3. The first-order valence-corrected chi connectivity index (χ1v) is 8.83. The van der Waals surface area contributed by atoms with Crippen molar-refractivity contribution < 1.29 is 5.21 Å². The molecule has 4 aliphatic heterocycles. The first-order valence-electron chi connectivity index (χ1n) is 8.83. The molecular formula is C18H21N7O. The average Bonchev–Trinajstić information content (AvgIpc) is 3.07. The molecule has 0 aliphatic carbocycles. The van der Waals surface area contributed by atoms with Crippen LogP contribution in [0.3, 0.4) is 0 Å². The number of para-hydroxylation sites is 1. The number of hydrazine groups is 1. The van der Waals surface area contributed by atoms with E-state index in [1.54, 1.807) is 0 Å². The Hall–Kier alpha value is -2.81. The van der Waals surface area contributed by atoms with Crippen LogP contribution in [0.15, 0.2) is 71.0 Å². The van der Waals surface area contributed by atoms with E-state index >= 15 is 0 Å². The van der Waals surface area contributed by atoms with Gasteiger partial charge < -0.3 is 10.6 Å². The van der Waals surface area contributed by atoms with Gasteiger partial charge in [-0.15, -0.1) is 0 Å². The summed E-state index contributed by atoms with van der Waals surface area (Å²) in [6.07, 6.45) is 5.98. The number of aliphatic imine (C=N–C) groups is 1. The lowest BCUT2D eigenvalue weighted by Gasteiger charge is -2.43. The Labute approximate surface area is 151 Å². The van der Waals surface area contributed by atoms with Crippen LogP contribution in [-0.2, 0) is 0 Å². The second-order valence-electron chi connectivity index (χ2n) is 6.47. The first kappa shape index (κ1) is 15.4. The molecule has 1 fully saturated rings. The minimum atomic E-state index is 0.242. The number of hydrogen-bond acceptors (Lipinski definition) is 8. The van der Waals surface area contributed by atoms with E-state index in [0.29, 0.717) is 5.70 Å². The zero-order valence-corrected chi connectivity index (χ0v) is 14.3. The van der Waals surface area contributed by atoms with E-state index in [1.165, 1.54) is 5.06 Å². The highest BCUT2D eigenvalue weighted by Gasteiger charge is 2.37. The number of anilines is 1. The van der Waals surface area contributed by atoms with E-state index < -0.39 is 0 Å². The van der Waals surface area contributed by atoms with Gasteiger partial charge in [0.05, 0.1) is 0 Å². The zero-order chi connectivity index (χ0) is 17.5. The Morgan fingerprint density at radius 1 is 1.08 bits per heavy atom. The number of hydroxylamine groups is 2. The van der Waals surface area contributed by atoms with E-state index in [2.05, 4.69) is 30.5 Å². The Morgan fingerprint density at radius 3 is 2.69 bits per heavy atom. The van der Waals surface area contributed by atoms with Crippen LogP contribution in [0.1, 0.15) is 0 Å². The van der Waals surface area contributed by atoms with Crippen molar-refractivity contribution >= 4 is 11.5 Å². The number of allylic oxidation sites excluding steroid dienone is 1. The summed E-state index contributed by atoms with van der Waals surface area (Å²) in [7, 11) is 0. The SMILES string of the molecule is ON1CN=C2C1=CC1=C(NC=CN1N1CCNCC1)N2c1ccccc1. The molecule has 8 heteroatoms. The van der Waals surface area contributed by atoms with Gasteiger partial charge in [0, 0.05) is 44.3 Å². The number of hydrogen-bond donors (Lipinski definition) is 3. The smallest absolute Gasteiger partial charge is 0.162 e. The number of piperazine rings is 1. The molecule has 134 valence electrons. The summed E-state index contributed by atoms with van der Waals surface area (Å²) in [6.45, 7) is 4.02. The van der Waals surface area contributed by atoms with E-state index in [0.717, 1.165) is 49.2 Å². The molecule has 0 saturated carbocycles. The van der Waals surface area contributed by atoms with Gasteiger partial charge in [0.2, 0.25) is 0 Å². The van der Waals surface area contributed by atoms with Crippen molar-refractivity contribution in [3.8, 4) is 0 Å². The van der Waals surface area contributed by atoms with Gasteiger partial charge in [-0.2, -0.15) is 0 Å². The third-order valence-corrected chi connectivity index (χ3v) is 4.91. The summed E-state index contributed by atoms with van der Waals surface area (Å²) >= 11 is 0. The van der Waals surface area contributed by atoms with Crippen LogP contribution < -0.4 is 15.5 Å². The number of benzene rings is 1. The van der Waals surface area contributed by atoms with Gasteiger partial charge in [0.15, 0.2) is 5.84 Å². The predicted molar refractivity (Wildman–Crippen MR) is 98.5 cm³/mol. The van der Waals surface area contributed by atoms with E-state index in [1.807, 2.05) is 48.8 Å². The molecule has 5 rings (SSSR count). The molecule has 8 nitrogen and oxygen atoms in total. The quantitative estimate of drug-likeness (QED) is 0.729. The fourth-order valence-corrected chi connectivity index (χ4v) is 3.67. The third-order valence-electron chi connectivity index (χ3n) is 4.91. The second kappa shape index (κ2) is 6.17. The molecule has 26 heavy (non-hydrogen) atoms. The Balaban J connectivity index is 1.61. The lowest BCUT2D eigenvalue weighted by molar-refractivity contribution is -0.0398. The van der Waals surface area contributed by atoms with Crippen molar-refractivity contribution in [2.45, 2.75) is 0 Å². The highest BCUT2D eigenvalue weighted by atomic mass is 16.5. The van der Waals surface area contributed by atoms with Crippen molar-refractivity contribution in [3.05, 3.63) is 66.0 Å². The summed E-state index contributed by atoms with van der Waals surface area (Å²) < 4.78 is 0. The van der Waals surface area contributed by atoms with Crippen molar-refractivity contribution in [1.29, 1.82) is 0 Å². The number of rotatable bonds is 2. The standard InChI is InChI=1S/C18H21N7O/c26-24-13-21-18-16(24)12-15-17(25(18)14-4-2-1-3-5-14)20-8-11-23(15)22-9-6-19-7-10-22/h1-5,8,11-12,19-20,26H,6-7,9-10,13H2. The summed E-state index contributed by atoms with van der Waals surface area (Å²) in [5, 5.41) is 22.7. The molecule has 0 unspecified atom stereocenters. The van der Waals surface area contributed by atoms with Gasteiger partial charge in [-0.1, -0.05) is 18.2 Å².